The van der Waals surface area contributed by atoms with Gasteiger partial charge in [0, 0.05) is 3.57 Å². The molecule has 2 aromatic carbocycles. The quantitative estimate of drug-likeness (QED) is 0.548. The second-order valence-electron chi connectivity index (χ2n) is 4.14. The van der Waals surface area contributed by atoms with Crippen LogP contribution < -0.4 is 4.74 Å². The van der Waals surface area contributed by atoms with Gasteiger partial charge in [0.05, 0.1) is 12.5 Å². The van der Waals surface area contributed by atoms with Gasteiger partial charge in [-0.15, -0.1) is 11.6 Å². The molecule has 3 heteroatoms. The highest BCUT2D eigenvalue weighted by Gasteiger charge is 2.13. The second-order valence-corrected chi connectivity index (χ2v) is 5.82. The van der Waals surface area contributed by atoms with E-state index >= 15 is 0 Å². The van der Waals surface area contributed by atoms with Crippen LogP contribution in [0.25, 0.3) is 0 Å². The fourth-order valence-electron chi connectivity index (χ4n) is 1.90. The molecule has 0 saturated heterocycles. The smallest absolute Gasteiger partial charge is 0.119 e. The van der Waals surface area contributed by atoms with E-state index in [1.54, 1.807) is 7.11 Å². The van der Waals surface area contributed by atoms with E-state index in [0.717, 1.165) is 22.4 Å². The minimum absolute atomic E-state index is 0.120. The molecule has 0 saturated carbocycles. The summed E-state index contributed by atoms with van der Waals surface area (Å²) < 4.78 is 6.41. The van der Waals surface area contributed by atoms with Gasteiger partial charge in [-0.2, -0.15) is 0 Å². The van der Waals surface area contributed by atoms with Gasteiger partial charge in [0.2, 0.25) is 0 Å². The van der Waals surface area contributed by atoms with Crippen LogP contribution in [0.15, 0.2) is 42.5 Å². The van der Waals surface area contributed by atoms with Crippen molar-refractivity contribution in [1.29, 1.82) is 0 Å². The number of aryl methyl sites for hydroxylation is 1. The van der Waals surface area contributed by atoms with Crippen molar-refractivity contribution >= 4 is 34.2 Å². The van der Waals surface area contributed by atoms with E-state index in [2.05, 4.69) is 47.7 Å². The zero-order chi connectivity index (χ0) is 13.1. The largest absolute Gasteiger partial charge is 0.497 e. The molecule has 0 N–H and O–H groups in total. The maximum absolute atomic E-state index is 6.56. The average Bonchev–Trinajstić information content (AvgIpc) is 2.37. The fraction of sp³-hybridized carbons (Fsp3) is 0.200. The van der Waals surface area contributed by atoms with Crippen molar-refractivity contribution in [1.82, 2.24) is 0 Å². The summed E-state index contributed by atoms with van der Waals surface area (Å²) in [5, 5.41) is -0.120. The van der Waals surface area contributed by atoms with Crippen molar-refractivity contribution in [3.05, 3.63) is 62.7 Å². The van der Waals surface area contributed by atoms with Crippen molar-refractivity contribution < 1.29 is 4.74 Å². The fourth-order valence-corrected chi connectivity index (χ4v) is 2.85. The van der Waals surface area contributed by atoms with Crippen LogP contribution in [0.3, 0.4) is 0 Å². The molecule has 1 atom stereocenters. The topological polar surface area (TPSA) is 9.23 Å². The molecule has 0 fully saturated rings. The third-order valence-electron chi connectivity index (χ3n) is 2.89. The molecule has 2 aromatic rings. The number of ether oxygens (including phenoxy) is 1. The van der Waals surface area contributed by atoms with Crippen LogP contribution in [0.4, 0.5) is 0 Å². The van der Waals surface area contributed by atoms with E-state index in [9.17, 15) is 0 Å². The van der Waals surface area contributed by atoms with Crippen LogP contribution >= 0.6 is 34.2 Å². The Morgan fingerprint density at radius 2 is 1.94 bits per heavy atom. The number of hydrogen-bond acceptors (Lipinski definition) is 1. The Labute approximate surface area is 126 Å². The highest BCUT2D eigenvalue weighted by molar-refractivity contribution is 14.1. The molecule has 0 heterocycles. The Bertz CT molecular complexity index is 554. The lowest BCUT2D eigenvalue weighted by Crippen LogP contribution is -1.97. The zero-order valence-corrected chi connectivity index (χ0v) is 13.2. The van der Waals surface area contributed by atoms with Crippen molar-refractivity contribution in [2.45, 2.75) is 12.3 Å². The van der Waals surface area contributed by atoms with Gasteiger partial charge in [0.1, 0.15) is 5.75 Å². The molecule has 0 aliphatic rings. The van der Waals surface area contributed by atoms with Crippen molar-refractivity contribution in [2.24, 2.45) is 0 Å². The lowest BCUT2D eigenvalue weighted by Gasteiger charge is -2.14. The average molecular weight is 373 g/mol. The first-order valence-electron chi connectivity index (χ1n) is 5.66. The molecule has 0 bridgehead atoms. The van der Waals surface area contributed by atoms with Crippen LogP contribution in [0.5, 0.6) is 5.75 Å². The predicted molar refractivity (Wildman–Crippen MR) is 84.6 cm³/mol. The third-order valence-corrected chi connectivity index (χ3v) is 4.05. The van der Waals surface area contributed by atoms with Crippen molar-refractivity contribution in [3.8, 4) is 5.75 Å². The SMILES string of the molecule is COc1ccc(C(Cl)c2cccc(I)c2)c(C)c1. The van der Waals surface area contributed by atoms with Gasteiger partial charge in [-0.1, -0.05) is 18.2 Å². The van der Waals surface area contributed by atoms with Gasteiger partial charge in [-0.25, -0.2) is 0 Å². The first kappa shape index (κ1) is 13.7. The molecule has 18 heavy (non-hydrogen) atoms. The predicted octanol–water partition coefficient (Wildman–Crippen LogP) is 4.94. The van der Waals surface area contributed by atoms with Gasteiger partial charge < -0.3 is 4.74 Å². The zero-order valence-electron chi connectivity index (χ0n) is 10.3. The summed E-state index contributed by atoms with van der Waals surface area (Å²) in [4.78, 5) is 0. The number of halogens is 2. The van der Waals surface area contributed by atoms with Crippen LogP contribution in [0, 0.1) is 10.5 Å². The number of hydrogen-bond donors (Lipinski definition) is 0. The molecule has 94 valence electrons. The molecule has 1 unspecified atom stereocenters. The Morgan fingerprint density at radius 1 is 1.17 bits per heavy atom. The monoisotopic (exact) mass is 372 g/mol. The molecule has 0 aromatic heterocycles. The number of alkyl halides is 1. The van der Waals surface area contributed by atoms with Gasteiger partial charge >= 0.3 is 0 Å². The Morgan fingerprint density at radius 3 is 2.56 bits per heavy atom. The first-order chi connectivity index (χ1) is 8.61. The van der Waals surface area contributed by atoms with Crippen LogP contribution in [0.2, 0.25) is 0 Å². The third kappa shape index (κ3) is 2.98. The lowest BCUT2D eigenvalue weighted by molar-refractivity contribution is 0.414. The van der Waals surface area contributed by atoms with E-state index < -0.39 is 0 Å². The summed E-state index contributed by atoms with van der Waals surface area (Å²) in [7, 11) is 1.67. The van der Waals surface area contributed by atoms with E-state index in [-0.39, 0.29) is 5.38 Å². The van der Waals surface area contributed by atoms with Crippen molar-refractivity contribution in [2.75, 3.05) is 7.11 Å². The van der Waals surface area contributed by atoms with Crippen molar-refractivity contribution in [3.63, 3.8) is 0 Å². The molecule has 0 aliphatic heterocycles. The van der Waals surface area contributed by atoms with Gasteiger partial charge in [-0.05, 0) is 70.5 Å². The summed E-state index contributed by atoms with van der Waals surface area (Å²) in [6.45, 7) is 2.06. The molecule has 1 nitrogen and oxygen atoms in total. The maximum atomic E-state index is 6.56. The number of methoxy groups -OCH3 is 1. The van der Waals surface area contributed by atoms with E-state index in [0.29, 0.717) is 0 Å². The standard InChI is InChI=1S/C15H14ClIO/c1-10-8-13(18-2)6-7-14(10)15(16)11-4-3-5-12(17)9-11/h3-9,15H,1-2H3. The molecule has 0 spiro atoms. The Hall–Kier alpha value is -0.740. The molecule has 0 aliphatic carbocycles. The summed E-state index contributed by atoms with van der Waals surface area (Å²) in [6.07, 6.45) is 0. The van der Waals surface area contributed by atoms with Crippen LogP contribution in [-0.4, -0.2) is 7.11 Å². The highest BCUT2D eigenvalue weighted by Crippen LogP contribution is 2.33. The molecular formula is C15H14ClIO. The van der Waals surface area contributed by atoms with Gasteiger partial charge in [-0.3, -0.25) is 0 Å². The normalized spacial score (nSPS) is 12.2. The number of benzene rings is 2. The molecule has 0 radical (unpaired) electrons. The van der Waals surface area contributed by atoms with Crippen LogP contribution in [-0.2, 0) is 0 Å². The highest BCUT2D eigenvalue weighted by atomic mass is 127. The first-order valence-corrected chi connectivity index (χ1v) is 7.17. The lowest BCUT2D eigenvalue weighted by atomic mass is 10.00. The van der Waals surface area contributed by atoms with Gasteiger partial charge in [0.15, 0.2) is 0 Å². The summed E-state index contributed by atoms with van der Waals surface area (Å²) >= 11 is 8.86. The summed E-state index contributed by atoms with van der Waals surface area (Å²) in [5.74, 6) is 0.864. The van der Waals surface area contributed by atoms with E-state index in [1.165, 1.54) is 3.57 Å². The van der Waals surface area contributed by atoms with Crippen LogP contribution in [0.1, 0.15) is 22.1 Å². The minimum atomic E-state index is -0.120. The number of rotatable bonds is 3. The second kappa shape index (κ2) is 5.93. The molecule has 0 amide bonds. The summed E-state index contributed by atoms with van der Waals surface area (Å²) in [5.41, 5.74) is 3.39. The molecular weight excluding hydrogens is 359 g/mol. The Kier molecular flexibility index (Phi) is 4.51. The summed E-state index contributed by atoms with van der Waals surface area (Å²) in [6, 6.07) is 14.3. The van der Waals surface area contributed by atoms with E-state index in [4.69, 9.17) is 16.3 Å². The molecule has 2 rings (SSSR count). The minimum Gasteiger partial charge on any atom is -0.497 e. The Balaban J connectivity index is 2.37. The van der Waals surface area contributed by atoms with E-state index in [1.807, 2.05) is 24.3 Å². The maximum Gasteiger partial charge on any atom is 0.119 e. The van der Waals surface area contributed by atoms with Gasteiger partial charge in [0.25, 0.3) is 0 Å².